The normalized spacial score (nSPS) is 11.7. The summed E-state index contributed by atoms with van der Waals surface area (Å²) >= 11 is 0. The zero-order valence-electron chi connectivity index (χ0n) is 47.3. The standard InChI is InChI=1S/C56H52B16N4/c57-36-32-33-37(58)41(62)45(66)49(70)53(33)75(52(32)48(69)44(65)40(36)61)24-17-23(18-25(19-24)76-54-34(38(59)42(63)46(67)50(54)71)35-39(60)43(64)47(68)51(72)55(35)76)26-15-16-29(28-14-8-7-13-27(26)28)31-20-30(21-9-3-1-4-10-21)73-56(74-31)22-11-5-2-6-12-22/h1-20H,57-72H2. The number of hydrogen-bond donors (Lipinski definition) is 0. The highest BCUT2D eigenvalue weighted by atomic mass is 15.0. The van der Waals surface area contributed by atoms with Crippen molar-refractivity contribution in [2.45, 2.75) is 0 Å². The van der Waals surface area contributed by atoms with Crippen molar-refractivity contribution >= 4 is 267 Å². The summed E-state index contributed by atoms with van der Waals surface area (Å²) in [7, 11) is 37.3. The van der Waals surface area contributed by atoms with Gasteiger partial charge in [-0.15, -0.1) is 21.9 Å². The molecule has 0 saturated carbocycles. The van der Waals surface area contributed by atoms with Gasteiger partial charge in [0, 0.05) is 50.1 Å². The highest BCUT2D eigenvalue weighted by Crippen LogP contribution is 2.40. The molecule has 0 fully saturated rings. The van der Waals surface area contributed by atoms with E-state index < -0.39 is 0 Å². The highest BCUT2D eigenvalue weighted by molar-refractivity contribution is 6.73. The van der Waals surface area contributed by atoms with Crippen molar-refractivity contribution in [2.24, 2.45) is 0 Å². The summed E-state index contributed by atoms with van der Waals surface area (Å²) in [4.78, 5) is 10.5. The van der Waals surface area contributed by atoms with Gasteiger partial charge in [0.1, 0.15) is 126 Å². The minimum Gasteiger partial charge on any atom is -0.310 e. The molecule has 0 N–H and O–H groups in total. The molecule has 0 aliphatic heterocycles. The summed E-state index contributed by atoms with van der Waals surface area (Å²) in [6.45, 7) is 0. The van der Waals surface area contributed by atoms with Crippen molar-refractivity contribution in [1.82, 2.24) is 19.1 Å². The van der Waals surface area contributed by atoms with Gasteiger partial charge in [-0.3, -0.25) is 0 Å². The molecule has 12 rings (SSSR count). The molecule has 3 aromatic heterocycles. The zero-order chi connectivity index (χ0) is 53.5. The summed E-state index contributed by atoms with van der Waals surface area (Å²) in [5.74, 6) is 0.707. The second kappa shape index (κ2) is 18.3. The molecule has 0 radical (unpaired) electrons. The molecule has 0 atom stereocenters. The van der Waals surface area contributed by atoms with Crippen molar-refractivity contribution in [3.8, 4) is 56.4 Å². The van der Waals surface area contributed by atoms with Crippen LogP contribution in [0.4, 0.5) is 0 Å². The van der Waals surface area contributed by atoms with E-state index >= 15 is 0 Å². The van der Waals surface area contributed by atoms with Crippen molar-refractivity contribution in [3.63, 3.8) is 0 Å². The van der Waals surface area contributed by atoms with E-state index in [2.05, 4.69) is 250 Å². The Balaban J connectivity index is 1.24. The maximum absolute atomic E-state index is 5.36. The number of rotatable bonds is 6. The van der Waals surface area contributed by atoms with Crippen molar-refractivity contribution in [1.29, 1.82) is 0 Å². The Hall–Kier alpha value is -7.04. The first-order valence-corrected chi connectivity index (χ1v) is 27.1. The van der Waals surface area contributed by atoms with Gasteiger partial charge in [0.15, 0.2) is 5.82 Å². The molecule has 3 heterocycles. The summed E-state index contributed by atoms with van der Waals surface area (Å²) < 4.78 is 5.31. The Morgan fingerprint density at radius 2 is 0.592 bits per heavy atom. The van der Waals surface area contributed by atoms with Crippen molar-refractivity contribution in [2.75, 3.05) is 0 Å². The number of hydrogen-bond acceptors (Lipinski definition) is 2. The monoisotopic (exact) mass is 957 g/mol. The van der Waals surface area contributed by atoms with E-state index in [1.165, 1.54) is 142 Å². The molecular formula is C56H52B16N4. The van der Waals surface area contributed by atoms with E-state index in [1.54, 1.807) is 0 Å². The van der Waals surface area contributed by atoms with E-state index in [0.717, 1.165) is 50.4 Å². The first-order valence-electron chi connectivity index (χ1n) is 27.1. The molecule has 0 spiro atoms. The minimum atomic E-state index is 0.707. The van der Waals surface area contributed by atoms with Crippen LogP contribution in [0.1, 0.15) is 0 Å². The van der Waals surface area contributed by atoms with Gasteiger partial charge in [-0.1, -0.05) is 163 Å². The van der Waals surface area contributed by atoms with Crippen LogP contribution in [0.5, 0.6) is 0 Å². The third kappa shape index (κ3) is 7.21. The molecule has 344 valence electrons. The van der Waals surface area contributed by atoms with Crippen LogP contribution in [-0.2, 0) is 0 Å². The molecule has 0 aliphatic carbocycles. The molecular weight excluding hydrogens is 902 g/mol. The van der Waals surface area contributed by atoms with Crippen LogP contribution in [0.2, 0.25) is 0 Å². The Kier molecular flexibility index (Phi) is 12.0. The number of fused-ring (bicyclic) bond motifs is 7. The number of aromatic nitrogens is 4. The van der Waals surface area contributed by atoms with Crippen LogP contribution >= 0.6 is 0 Å². The Morgan fingerprint density at radius 3 is 1.00 bits per heavy atom. The maximum atomic E-state index is 5.36. The molecule has 0 aliphatic rings. The molecule has 4 nitrogen and oxygen atoms in total. The minimum absolute atomic E-state index is 0.707. The fraction of sp³-hybridized carbons (Fsp3) is 0. The quantitative estimate of drug-likeness (QED) is 0.156. The van der Waals surface area contributed by atoms with Gasteiger partial charge in [-0.25, -0.2) is 9.97 Å². The molecule has 0 saturated heterocycles. The highest BCUT2D eigenvalue weighted by Gasteiger charge is 2.27. The van der Waals surface area contributed by atoms with Crippen LogP contribution in [-0.4, -0.2) is 145 Å². The summed E-state index contributed by atoms with van der Waals surface area (Å²) in [6.07, 6.45) is 0. The van der Waals surface area contributed by atoms with Crippen molar-refractivity contribution in [3.05, 3.63) is 121 Å². The fourth-order valence-corrected chi connectivity index (χ4v) is 13.1. The van der Waals surface area contributed by atoms with E-state index in [-0.39, 0.29) is 0 Å². The predicted molar refractivity (Wildman–Crippen MR) is 381 cm³/mol. The van der Waals surface area contributed by atoms with Gasteiger partial charge in [0.2, 0.25) is 0 Å². The maximum Gasteiger partial charge on any atom is 0.160 e. The summed E-state index contributed by atoms with van der Waals surface area (Å²) in [5, 5.41) is 7.76. The van der Waals surface area contributed by atoms with Gasteiger partial charge in [-0.2, -0.15) is 0 Å². The van der Waals surface area contributed by atoms with Gasteiger partial charge >= 0.3 is 0 Å². The van der Waals surface area contributed by atoms with Crippen LogP contribution < -0.4 is 87.4 Å². The molecule has 12 aromatic rings. The van der Waals surface area contributed by atoms with E-state index in [9.17, 15) is 0 Å². The lowest BCUT2D eigenvalue weighted by Gasteiger charge is -2.21. The lowest BCUT2D eigenvalue weighted by Crippen LogP contribution is -2.49. The number of nitrogens with zero attached hydrogens (tertiary/aromatic N) is 4. The topological polar surface area (TPSA) is 35.6 Å². The van der Waals surface area contributed by atoms with Crippen molar-refractivity contribution < 1.29 is 0 Å². The fourth-order valence-electron chi connectivity index (χ4n) is 13.1. The van der Waals surface area contributed by atoms with Crippen LogP contribution in [0, 0.1) is 0 Å². The summed E-state index contributed by atoms with van der Waals surface area (Å²) in [6, 6.07) is 44.1. The van der Waals surface area contributed by atoms with Gasteiger partial charge in [-0.05, 0) is 67.7 Å². The molecule has 20 heteroatoms. The SMILES string of the molecule is Bc1c(B)c(B)c2c(c1B)c1c(B)c(B)c(B)c(B)c1n2-c1cc(-c2ccc(-c3cc(-c4ccccc4)nc(-c4ccccc4)n3)c3ccccc23)cc(-n2c3c(B)c(B)c(B)c(B)c3c3c(B)c(B)c(B)c(B)c32)c1. The molecule has 9 aromatic carbocycles. The number of benzene rings is 9. The second-order valence-corrected chi connectivity index (χ2v) is 22.2. The van der Waals surface area contributed by atoms with Crippen LogP contribution in [0.15, 0.2) is 121 Å². The third-order valence-corrected chi connectivity index (χ3v) is 18.8. The molecule has 0 amide bonds. The second-order valence-electron chi connectivity index (χ2n) is 22.2. The average Bonchev–Trinajstić information content (AvgIpc) is 4.09. The van der Waals surface area contributed by atoms with E-state index in [0.29, 0.717) is 5.82 Å². The molecule has 0 bridgehead atoms. The molecule has 0 unspecified atom stereocenters. The van der Waals surface area contributed by atoms with Gasteiger partial charge in [0.05, 0.1) is 11.4 Å². The largest absolute Gasteiger partial charge is 0.310 e. The summed E-state index contributed by atoms with van der Waals surface area (Å²) in [5.41, 5.74) is 36.3. The Bertz CT molecular complexity index is 4140. The average molecular weight is 954 g/mol. The van der Waals surface area contributed by atoms with Crippen LogP contribution in [0.3, 0.4) is 0 Å². The Morgan fingerprint density at radius 1 is 0.263 bits per heavy atom. The Labute approximate surface area is 461 Å². The lowest BCUT2D eigenvalue weighted by molar-refractivity contribution is 1.14. The predicted octanol–water partition coefficient (Wildman–Crippen LogP) is -13.4. The van der Waals surface area contributed by atoms with Crippen LogP contribution in [0.25, 0.3) is 111 Å². The van der Waals surface area contributed by atoms with Gasteiger partial charge in [0.25, 0.3) is 0 Å². The van der Waals surface area contributed by atoms with E-state index in [1.807, 2.05) is 6.07 Å². The first kappa shape index (κ1) is 49.8. The van der Waals surface area contributed by atoms with Gasteiger partial charge < -0.3 is 9.13 Å². The molecule has 76 heavy (non-hydrogen) atoms. The zero-order valence-corrected chi connectivity index (χ0v) is 47.3. The first-order chi connectivity index (χ1) is 36.4. The van der Waals surface area contributed by atoms with E-state index in [4.69, 9.17) is 9.97 Å². The third-order valence-electron chi connectivity index (χ3n) is 18.8. The lowest BCUT2D eigenvalue weighted by atomic mass is 9.63. The smallest absolute Gasteiger partial charge is 0.160 e.